The van der Waals surface area contributed by atoms with Gasteiger partial charge in [-0.2, -0.15) is 5.10 Å². The van der Waals surface area contributed by atoms with Crippen molar-refractivity contribution in [2.75, 3.05) is 12.3 Å². The van der Waals surface area contributed by atoms with Gasteiger partial charge in [-0.3, -0.25) is 10.1 Å². The van der Waals surface area contributed by atoms with Gasteiger partial charge in [0.05, 0.1) is 34.7 Å². The summed E-state index contributed by atoms with van der Waals surface area (Å²) >= 11 is 6.52. The van der Waals surface area contributed by atoms with E-state index in [-0.39, 0.29) is 18.3 Å². The highest BCUT2D eigenvalue weighted by molar-refractivity contribution is 6.35. The average Bonchev–Trinajstić information content (AvgIpc) is 3.34. The number of nitrogen functional groups attached to an aromatic ring is 1. The number of fused-ring (bicyclic) bond motifs is 1. The Morgan fingerprint density at radius 3 is 2.53 bits per heavy atom. The number of nitrogens with one attached hydrogen (secondary N) is 1. The van der Waals surface area contributed by atoms with Gasteiger partial charge in [0.1, 0.15) is 11.3 Å². The summed E-state index contributed by atoms with van der Waals surface area (Å²) in [6, 6.07) is 19.0. The Morgan fingerprint density at radius 2 is 1.75 bits per heavy atom. The van der Waals surface area contributed by atoms with Gasteiger partial charge in [0.15, 0.2) is 5.82 Å². The van der Waals surface area contributed by atoms with Crippen LogP contribution in [0.2, 0.25) is 5.02 Å². The Labute approximate surface area is 213 Å². The number of aliphatic hydroxyl groups is 1. The molecule has 0 unspecified atom stereocenters. The molecule has 0 saturated carbocycles. The van der Waals surface area contributed by atoms with Crippen LogP contribution in [-0.4, -0.2) is 36.9 Å². The molecular formula is C27H25ClN6O2. The van der Waals surface area contributed by atoms with Gasteiger partial charge in [0.2, 0.25) is 0 Å². The number of nitrogens with zero attached hydrogens (tertiary/aromatic N) is 4. The number of nitrogens with two attached hydrogens (primary N) is 1. The van der Waals surface area contributed by atoms with Gasteiger partial charge in [-0.1, -0.05) is 48.0 Å². The Morgan fingerprint density at radius 1 is 0.972 bits per heavy atom. The fourth-order valence-electron chi connectivity index (χ4n) is 3.90. The van der Waals surface area contributed by atoms with Gasteiger partial charge in [-0.25, -0.2) is 9.97 Å². The minimum atomic E-state index is -1.02. The average molecular weight is 501 g/mol. The van der Waals surface area contributed by atoms with Crippen LogP contribution in [0.15, 0.2) is 66.9 Å². The number of hydrogen-bond acceptors (Lipinski definition) is 7. The number of hydrogen-bond donors (Lipinski definition) is 3. The van der Waals surface area contributed by atoms with Gasteiger partial charge in [0, 0.05) is 28.6 Å². The maximum Gasteiger partial charge on any atom is 0.257 e. The summed E-state index contributed by atoms with van der Waals surface area (Å²) in [4.78, 5) is 14.0. The molecule has 0 aliphatic carbocycles. The smallest absolute Gasteiger partial charge is 0.257 e. The third-order valence-corrected chi connectivity index (χ3v) is 6.04. The molecule has 0 saturated heterocycles. The predicted octanol–water partition coefficient (Wildman–Crippen LogP) is 5.17. The number of ether oxygens (including phenoxy) is 1. The number of aromatic nitrogens is 5. The second-order valence-electron chi connectivity index (χ2n) is 8.94. The first-order valence-electron chi connectivity index (χ1n) is 11.5. The van der Waals surface area contributed by atoms with Crippen molar-refractivity contribution in [3.63, 3.8) is 0 Å². The fourth-order valence-corrected chi connectivity index (χ4v) is 4.17. The topological polar surface area (TPSA) is 123 Å². The normalized spacial score (nSPS) is 11.7. The Kier molecular flexibility index (Phi) is 6.30. The van der Waals surface area contributed by atoms with Crippen LogP contribution < -0.4 is 10.5 Å². The molecule has 0 aliphatic heterocycles. The van der Waals surface area contributed by atoms with Gasteiger partial charge in [0.25, 0.3) is 5.88 Å². The summed E-state index contributed by atoms with van der Waals surface area (Å²) in [5, 5.41) is 18.6. The van der Waals surface area contributed by atoms with Crippen molar-refractivity contribution >= 4 is 28.3 Å². The van der Waals surface area contributed by atoms with Crippen molar-refractivity contribution in [3.8, 4) is 28.4 Å². The van der Waals surface area contributed by atoms with E-state index in [0.717, 1.165) is 27.7 Å². The number of halogens is 1. The number of rotatable bonds is 7. The lowest BCUT2D eigenvalue weighted by Gasteiger charge is -2.17. The van der Waals surface area contributed by atoms with E-state index in [1.54, 1.807) is 26.1 Å². The van der Waals surface area contributed by atoms with Crippen molar-refractivity contribution in [2.45, 2.75) is 25.9 Å². The zero-order valence-corrected chi connectivity index (χ0v) is 20.6. The van der Waals surface area contributed by atoms with Gasteiger partial charge in [-0.05, 0) is 38.1 Å². The molecule has 0 aliphatic rings. The number of aromatic amines is 1. The molecule has 0 atom stereocenters. The van der Waals surface area contributed by atoms with E-state index in [9.17, 15) is 5.11 Å². The Bertz CT molecular complexity index is 1530. The zero-order chi connectivity index (χ0) is 25.3. The molecule has 182 valence electrons. The van der Waals surface area contributed by atoms with E-state index < -0.39 is 5.60 Å². The lowest BCUT2D eigenvalue weighted by Crippen LogP contribution is -2.18. The van der Waals surface area contributed by atoms with E-state index in [1.807, 2.05) is 54.6 Å². The van der Waals surface area contributed by atoms with E-state index in [1.165, 1.54) is 0 Å². The first kappa shape index (κ1) is 23.7. The molecule has 5 rings (SSSR count). The SMILES string of the molecule is CC(C)(O)c1cccc(CCOc2nc(-c3cc(Cl)c4[nH]ncc4c3)c(-c3ccccc3)nc2N)n1. The Hall–Kier alpha value is -4.01. The second kappa shape index (κ2) is 9.56. The molecule has 3 aromatic heterocycles. The summed E-state index contributed by atoms with van der Waals surface area (Å²) < 4.78 is 5.97. The number of H-pyrrole nitrogens is 1. The molecule has 0 bridgehead atoms. The molecule has 4 N–H and O–H groups in total. The van der Waals surface area contributed by atoms with E-state index >= 15 is 0 Å². The monoisotopic (exact) mass is 500 g/mol. The first-order chi connectivity index (χ1) is 17.3. The third kappa shape index (κ3) is 4.86. The fraction of sp³-hybridized carbons (Fsp3) is 0.185. The summed E-state index contributed by atoms with van der Waals surface area (Å²) in [7, 11) is 0. The number of pyridine rings is 1. The van der Waals surface area contributed by atoms with Crippen LogP contribution in [0.3, 0.4) is 0 Å². The van der Waals surface area contributed by atoms with Crippen molar-refractivity contribution < 1.29 is 9.84 Å². The molecule has 36 heavy (non-hydrogen) atoms. The molecule has 0 fully saturated rings. The highest BCUT2D eigenvalue weighted by Gasteiger charge is 2.19. The molecule has 2 aromatic carbocycles. The molecule has 5 aromatic rings. The standard InChI is InChI=1S/C27H25ClN6O2/c1-27(2,35)21-10-6-9-19(31-21)11-12-36-26-25(29)32-23(16-7-4-3-5-8-16)24(33-26)17-13-18-15-30-34-22(18)20(28)14-17/h3-10,13-15,35H,11-12H2,1-2H3,(H2,29,32)(H,30,34). The van der Waals surface area contributed by atoms with Gasteiger partial charge >= 0.3 is 0 Å². The molecule has 9 heteroatoms. The molecule has 0 spiro atoms. The van der Waals surface area contributed by atoms with Crippen LogP contribution in [0.1, 0.15) is 25.2 Å². The van der Waals surface area contributed by atoms with E-state index in [4.69, 9.17) is 27.1 Å². The van der Waals surface area contributed by atoms with Crippen molar-refractivity contribution in [2.24, 2.45) is 0 Å². The van der Waals surface area contributed by atoms with Gasteiger partial charge < -0.3 is 15.6 Å². The van der Waals surface area contributed by atoms with Crippen LogP contribution in [0.25, 0.3) is 33.4 Å². The van der Waals surface area contributed by atoms with E-state index in [2.05, 4.69) is 20.2 Å². The quantitative estimate of drug-likeness (QED) is 0.282. The zero-order valence-electron chi connectivity index (χ0n) is 19.9. The van der Waals surface area contributed by atoms with Crippen LogP contribution in [-0.2, 0) is 12.0 Å². The van der Waals surface area contributed by atoms with E-state index in [0.29, 0.717) is 28.5 Å². The number of anilines is 1. The van der Waals surface area contributed by atoms with Gasteiger partial charge in [-0.15, -0.1) is 0 Å². The molecule has 8 nitrogen and oxygen atoms in total. The molecule has 0 radical (unpaired) electrons. The number of benzene rings is 2. The lowest BCUT2D eigenvalue weighted by atomic mass is 10.0. The highest BCUT2D eigenvalue weighted by atomic mass is 35.5. The van der Waals surface area contributed by atoms with Crippen molar-refractivity contribution in [1.82, 2.24) is 25.1 Å². The predicted molar refractivity (Wildman–Crippen MR) is 141 cm³/mol. The lowest BCUT2D eigenvalue weighted by molar-refractivity contribution is 0.0736. The van der Waals surface area contributed by atoms with Crippen LogP contribution >= 0.6 is 11.6 Å². The molecule has 3 heterocycles. The summed E-state index contributed by atoms with van der Waals surface area (Å²) in [6.07, 6.45) is 2.22. The summed E-state index contributed by atoms with van der Waals surface area (Å²) in [6.45, 7) is 3.69. The summed E-state index contributed by atoms with van der Waals surface area (Å²) in [5.41, 5.74) is 10.3. The van der Waals surface area contributed by atoms with Crippen LogP contribution in [0.4, 0.5) is 5.82 Å². The van der Waals surface area contributed by atoms with Crippen LogP contribution in [0, 0.1) is 0 Å². The van der Waals surface area contributed by atoms with Crippen molar-refractivity contribution in [1.29, 1.82) is 0 Å². The largest absolute Gasteiger partial charge is 0.475 e. The second-order valence-corrected chi connectivity index (χ2v) is 9.35. The third-order valence-electron chi connectivity index (χ3n) is 5.74. The summed E-state index contributed by atoms with van der Waals surface area (Å²) in [5.74, 6) is 0.415. The van der Waals surface area contributed by atoms with Crippen molar-refractivity contribution in [3.05, 3.63) is 83.3 Å². The first-order valence-corrected chi connectivity index (χ1v) is 11.8. The maximum absolute atomic E-state index is 10.2. The minimum absolute atomic E-state index is 0.186. The maximum atomic E-state index is 10.2. The molecular weight excluding hydrogens is 476 g/mol. The Balaban J connectivity index is 1.49. The minimum Gasteiger partial charge on any atom is -0.475 e. The van der Waals surface area contributed by atoms with Crippen LogP contribution in [0.5, 0.6) is 5.88 Å². The highest BCUT2D eigenvalue weighted by Crippen LogP contribution is 2.36. The molecule has 0 amide bonds.